The van der Waals surface area contributed by atoms with Crippen LogP contribution in [-0.4, -0.2) is 54.6 Å². The van der Waals surface area contributed by atoms with Gasteiger partial charge < -0.3 is 19.3 Å². The predicted molar refractivity (Wildman–Crippen MR) is 192 cm³/mol. The summed E-state index contributed by atoms with van der Waals surface area (Å²) in [6.45, 7) is 4.33. The van der Waals surface area contributed by atoms with Gasteiger partial charge in [0.2, 0.25) is 0 Å². The highest BCUT2D eigenvalue weighted by molar-refractivity contribution is 6.09. The van der Waals surface area contributed by atoms with Gasteiger partial charge in [0.1, 0.15) is 23.1 Å². The second kappa shape index (κ2) is 11.9. The average molecular weight is 623 g/mol. The second-order valence-corrected chi connectivity index (χ2v) is 12.2. The molecule has 236 valence electrons. The van der Waals surface area contributed by atoms with E-state index in [-0.39, 0.29) is 0 Å². The lowest BCUT2D eigenvalue weighted by Crippen LogP contribution is -2.17. The van der Waals surface area contributed by atoms with Crippen LogP contribution in [0.25, 0.3) is 44.4 Å². The van der Waals surface area contributed by atoms with Crippen LogP contribution in [0, 0.1) is 13.8 Å². The van der Waals surface area contributed by atoms with Crippen molar-refractivity contribution >= 4 is 33.2 Å². The smallest absolute Gasteiger partial charge is 0.141 e. The van der Waals surface area contributed by atoms with Crippen molar-refractivity contribution in [3.05, 3.63) is 115 Å². The Labute approximate surface area is 275 Å². The molecule has 0 aliphatic carbocycles. The zero-order chi connectivity index (χ0) is 32.8. The number of methoxy groups -OCH3 is 1. The van der Waals surface area contributed by atoms with Crippen molar-refractivity contribution < 1.29 is 9.47 Å². The monoisotopic (exact) mass is 622 g/mol. The van der Waals surface area contributed by atoms with Gasteiger partial charge in [-0.15, -0.1) is 0 Å². The van der Waals surface area contributed by atoms with E-state index >= 15 is 0 Å². The van der Waals surface area contributed by atoms with Crippen molar-refractivity contribution in [2.45, 2.75) is 13.8 Å². The first-order valence-electron chi connectivity index (χ1n) is 15.6. The number of benzene rings is 4. The van der Waals surface area contributed by atoms with Gasteiger partial charge in [0.05, 0.1) is 30.0 Å². The fraction of sp³-hybridized carbons (Fsp3) is 0.179. The van der Waals surface area contributed by atoms with E-state index in [1.807, 2.05) is 59.4 Å². The number of aromatic nitrogens is 4. The van der Waals surface area contributed by atoms with Crippen molar-refractivity contribution in [3.8, 4) is 39.9 Å². The summed E-state index contributed by atoms with van der Waals surface area (Å²) in [5.41, 5.74) is 10.0. The van der Waals surface area contributed by atoms with Crippen LogP contribution in [0.4, 0.5) is 11.4 Å². The molecule has 0 saturated carbocycles. The molecule has 3 heterocycles. The fourth-order valence-electron chi connectivity index (χ4n) is 6.72. The summed E-state index contributed by atoms with van der Waals surface area (Å²) >= 11 is 0. The number of hydrogen-bond acceptors (Lipinski definition) is 6. The Balaban J connectivity index is 1.26. The van der Waals surface area contributed by atoms with Gasteiger partial charge in [0.15, 0.2) is 0 Å². The maximum Gasteiger partial charge on any atom is 0.141 e. The molecule has 3 aromatic heterocycles. The van der Waals surface area contributed by atoms with E-state index in [4.69, 9.17) is 14.6 Å². The molecule has 0 aliphatic rings. The summed E-state index contributed by atoms with van der Waals surface area (Å²) in [4.78, 5) is 9.05. The van der Waals surface area contributed by atoms with Gasteiger partial charge in [-0.3, -0.25) is 4.57 Å². The average Bonchev–Trinajstić information content (AvgIpc) is 3.67. The van der Waals surface area contributed by atoms with Crippen LogP contribution < -0.4 is 19.3 Å². The SMILES string of the molecule is COc1ccnc(-n2c3ccccc3c3ccc(Oc4cccc(-n5cc(-c6c(N(C)C)c(C)cc(C)c6N(C)C)cn5)c4)cc32)c1. The van der Waals surface area contributed by atoms with Crippen LogP contribution in [0.15, 0.2) is 104 Å². The van der Waals surface area contributed by atoms with Gasteiger partial charge in [0, 0.05) is 92.1 Å². The number of aryl methyl sites for hydroxylation is 2. The second-order valence-electron chi connectivity index (χ2n) is 12.2. The van der Waals surface area contributed by atoms with E-state index in [9.17, 15) is 0 Å². The van der Waals surface area contributed by atoms with Gasteiger partial charge in [-0.2, -0.15) is 5.10 Å². The van der Waals surface area contributed by atoms with Gasteiger partial charge in [-0.05, 0) is 61.4 Å². The van der Waals surface area contributed by atoms with E-state index in [0.717, 1.165) is 56.1 Å². The lowest BCUT2D eigenvalue weighted by atomic mass is 9.96. The number of hydrogen-bond donors (Lipinski definition) is 0. The van der Waals surface area contributed by atoms with E-state index in [1.165, 1.54) is 28.1 Å². The molecule has 0 unspecified atom stereocenters. The van der Waals surface area contributed by atoms with Gasteiger partial charge in [-0.1, -0.05) is 30.3 Å². The summed E-state index contributed by atoms with van der Waals surface area (Å²) in [6, 6.07) is 28.6. The molecule has 0 aliphatic heterocycles. The number of para-hydroxylation sites is 1. The normalized spacial score (nSPS) is 11.3. The predicted octanol–water partition coefficient (Wildman–Crippen LogP) is 8.58. The molecule has 8 heteroatoms. The highest BCUT2D eigenvalue weighted by atomic mass is 16.5. The summed E-state index contributed by atoms with van der Waals surface area (Å²) in [5, 5.41) is 7.07. The number of anilines is 2. The van der Waals surface area contributed by atoms with Crippen molar-refractivity contribution in [1.82, 2.24) is 19.3 Å². The van der Waals surface area contributed by atoms with Gasteiger partial charge >= 0.3 is 0 Å². The Bertz CT molecular complexity index is 2230. The molecule has 0 saturated heterocycles. The lowest BCUT2D eigenvalue weighted by molar-refractivity contribution is 0.414. The van der Waals surface area contributed by atoms with E-state index in [0.29, 0.717) is 0 Å². The number of ether oxygens (including phenoxy) is 2. The first-order valence-corrected chi connectivity index (χ1v) is 15.6. The van der Waals surface area contributed by atoms with E-state index in [2.05, 4.69) is 104 Å². The first-order chi connectivity index (χ1) is 22.7. The lowest BCUT2D eigenvalue weighted by Gasteiger charge is -2.27. The van der Waals surface area contributed by atoms with Crippen LogP contribution in [0.5, 0.6) is 17.2 Å². The summed E-state index contributed by atoms with van der Waals surface area (Å²) in [6.07, 6.45) is 5.81. The molecular weight excluding hydrogens is 584 g/mol. The number of fused-ring (bicyclic) bond motifs is 3. The highest BCUT2D eigenvalue weighted by Gasteiger charge is 2.21. The van der Waals surface area contributed by atoms with Crippen molar-refractivity contribution in [2.24, 2.45) is 0 Å². The molecule has 0 bridgehead atoms. The van der Waals surface area contributed by atoms with Crippen molar-refractivity contribution in [1.29, 1.82) is 0 Å². The third kappa shape index (κ3) is 5.31. The van der Waals surface area contributed by atoms with Crippen LogP contribution >= 0.6 is 0 Å². The van der Waals surface area contributed by atoms with E-state index in [1.54, 1.807) is 13.3 Å². The molecule has 0 N–H and O–H groups in total. The van der Waals surface area contributed by atoms with Crippen LogP contribution in [-0.2, 0) is 0 Å². The summed E-state index contributed by atoms with van der Waals surface area (Å²) in [5.74, 6) is 2.97. The molecule has 0 atom stereocenters. The van der Waals surface area contributed by atoms with Crippen LogP contribution in [0.3, 0.4) is 0 Å². The Morgan fingerprint density at radius 3 is 2.15 bits per heavy atom. The Hall–Kier alpha value is -5.76. The maximum absolute atomic E-state index is 6.49. The summed E-state index contributed by atoms with van der Waals surface area (Å²) in [7, 11) is 10.0. The van der Waals surface area contributed by atoms with E-state index < -0.39 is 0 Å². The third-order valence-corrected chi connectivity index (χ3v) is 8.56. The molecule has 0 amide bonds. The molecule has 0 spiro atoms. The Kier molecular flexibility index (Phi) is 7.56. The zero-order valence-corrected chi connectivity index (χ0v) is 27.8. The summed E-state index contributed by atoms with van der Waals surface area (Å²) < 4.78 is 16.1. The largest absolute Gasteiger partial charge is 0.497 e. The minimum Gasteiger partial charge on any atom is -0.497 e. The third-order valence-electron chi connectivity index (χ3n) is 8.56. The molecule has 0 radical (unpaired) electrons. The van der Waals surface area contributed by atoms with Gasteiger partial charge in [-0.25, -0.2) is 9.67 Å². The first kappa shape index (κ1) is 29.9. The molecule has 47 heavy (non-hydrogen) atoms. The molecule has 4 aromatic carbocycles. The Morgan fingerprint density at radius 2 is 1.40 bits per heavy atom. The molecule has 7 aromatic rings. The Morgan fingerprint density at radius 1 is 0.681 bits per heavy atom. The minimum atomic E-state index is 0.718. The molecule has 0 fully saturated rings. The molecule has 8 nitrogen and oxygen atoms in total. The molecule has 7 rings (SSSR count). The van der Waals surface area contributed by atoms with Crippen LogP contribution in [0.1, 0.15) is 11.1 Å². The molecular formula is C39H38N6O2. The van der Waals surface area contributed by atoms with Gasteiger partial charge in [0.25, 0.3) is 0 Å². The van der Waals surface area contributed by atoms with Crippen LogP contribution in [0.2, 0.25) is 0 Å². The van der Waals surface area contributed by atoms with Crippen molar-refractivity contribution in [2.75, 3.05) is 45.1 Å². The fourth-order valence-corrected chi connectivity index (χ4v) is 6.72. The number of nitrogens with zero attached hydrogens (tertiary/aromatic N) is 6. The van der Waals surface area contributed by atoms with Crippen molar-refractivity contribution in [3.63, 3.8) is 0 Å². The topological polar surface area (TPSA) is 60.6 Å². The quantitative estimate of drug-likeness (QED) is 0.169. The standard InChI is InChI=1S/C39H38N6O2/c1-25-19-26(2)39(43(5)6)37(38(25)42(3)4)27-23-41-44(24-27)28-11-10-12-30(20-28)47-31-15-16-33-32-13-8-9-14-34(32)45(35(33)21-31)36-22-29(46-7)17-18-40-36/h8-24H,1-7H3. The maximum atomic E-state index is 6.49. The number of pyridine rings is 1. The zero-order valence-electron chi connectivity index (χ0n) is 27.8. The highest BCUT2D eigenvalue weighted by Crippen LogP contribution is 2.43. The minimum absolute atomic E-state index is 0.718. The number of rotatable bonds is 8.